The molecule has 9 heteroatoms. The van der Waals surface area contributed by atoms with Crippen LogP contribution in [-0.4, -0.2) is 44.7 Å². The highest BCUT2D eigenvalue weighted by Crippen LogP contribution is 2.27. The molecule has 0 aromatic heterocycles. The van der Waals surface area contributed by atoms with Gasteiger partial charge in [-0.1, -0.05) is 0 Å². The van der Waals surface area contributed by atoms with Crippen LogP contribution in [0.3, 0.4) is 0 Å². The van der Waals surface area contributed by atoms with Crippen LogP contribution in [0.15, 0.2) is 53.4 Å². The Hall–Kier alpha value is -2.91. The largest absolute Gasteiger partial charge is 0.497 e. The number of piperidine rings is 1. The van der Waals surface area contributed by atoms with Gasteiger partial charge < -0.3 is 15.4 Å². The third kappa shape index (κ3) is 6.05. The summed E-state index contributed by atoms with van der Waals surface area (Å²) in [5.41, 5.74) is 1.25. The molecular formula is C22H27N3O5S. The van der Waals surface area contributed by atoms with Gasteiger partial charge in [-0.3, -0.25) is 9.59 Å². The number of hydrogen-bond acceptors (Lipinski definition) is 5. The second kappa shape index (κ2) is 9.93. The van der Waals surface area contributed by atoms with Crippen LogP contribution in [-0.2, 0) is 19.6 Å². The van der Waals surface area contributed by atoms with Gasteiger partial charge in [0.2, 0.25) is 21.8 Å². The number of methoxy groups -OCH3 is 1. The summed E-state index contributed by atoms with van der Waals surface area (Å²) in [5, 5.41) is 5.49. The van der Waals surface area contributed by atoms with Crippen LogP contribution in [0.5, 0.6) is 5.75 Å². The molecule has 0 radical (unpaired) electrons. The molecule has 1 aliphatic heterocycles. The molecule has 0 bridgehead atoms. The smallest absolute Gasteiger partial charge is 0.243 e. The van der Waals surface area contributed by atoms with Crippen molar-refractivity contribution in [1.29, 1.82) is 0 Å². The number of nitrogens with zero attached hydrogens (tertiary/aromatic N) is 1. The zero-order valence-electron chi connectivity index (χ0n) is 17.6. The van der Waals surface area contributed by atoms with Gasteiger partial charge in [0.1, 0.15) is 5.75 Å². The Morgan fingerprint density at radius 3 is 2.06 bits per heavy atom. The molecule has 1 heterocycles. The Morgan fingerprint density at radius 2 is 1.52 bits per heavy atom. The Kier molecular flexibility index (Phi) is 7.29. The van der Waals surface area contributed by atoms with Crippen LogP contribution >= 0.6 is 0 Å². The minimum atomic E-state index is -3.61. The second-order valence-electron chi connectivity index (χ2n) is 7.53. The van der Waals surface area contributed by atoms with Crippen molar-refractivity contribution >= 4 is 33.2 Å². The predicted molar refractivity (Wildman–Crippen MR) is 118 cm³/mol. The maximum atomic E-state index is 12.9. The van der Waals surface area contributed by atoms with Gasteiger partial charge in [0.25, 0.3) is 0 Å². The van der Waals surface area contributed by atoms with Crippen LogP contribution < -0.4 is 15.4 Å². The van der Waals surface area contributed by atoms with Gasteiger partial charge in [0.05, 0.1) is 12.0 Å². The summed E-state index contributed by atoms with van der Waals surface area (Å²) in [6.45, 7) is 2.14. The Morgan fingerprint density at radius 1 is 0.968 bits per heavy atom. The molecule has 0 atom stereocenters. The summed E-state index contributed by atoms with van der Waals surface area (Å²) in [7, 11) is -2.02. The summed E-state index contributed by atoms with van der Waals surface area (Å²) in [5.74, 6) is 0.553. The normalized spacial score (nSPS) is 15.3. The third-order valence-electron chi connectivity index (χ3n) is 5.23. The van der Waals surface area contributed by atoms with Crippen molar-refractivity contribution in [2.75, 3.05) is 30.8 Å². The molecule has 2 amide bonds. The topological polar surface area (TPSA) is 105 Å². The molecule has 0 unspecified atom stereocenters. The minimum Gasteiger partial charge on any atom is -0.497 e. The van der Waals surface area contributed by atoms with Gasteiger partial charge in [-0.05, 0) is 67.3 Å². The number of rotatable bonds is 7. The average molecular weight is 446 g/mol. The predicted octanol–water partition coefficient (Wildman–Crippen LogP) is 3.08. The van der Waals surface area contributed by atoms with E-state index < -0.39 is 10.0 Å². The number of nitrogens with one attached hydrogen (secondary N) is 2. The molecule has 2 aromatic rings. The molecule has 3 rings (SSSR count). The van der Waals surface area contributed by atoms with Crippen molar-refractivity contribution in [3.63, 3.8) is 0 Å². The molecule has 1 saturated heterocycles. The fraction of sp³-hybridized carbons (Fsp3) is 0.364. The van der Waals surface area contributed by atoms with Gasteiger partial charge in [0, 0.05) is 37.8 Å². The van der Waals surface area contributed by atoms with E-state index in [1.54, 1.807) is 43.5 Å². The number of carbonyl (C=O) groups is 2. The fourth-order valence-corrected chi connectivity index (χ4v) is 5.03. The second-order valence-corrected chi connectivity index (χ2v) is 9.47. The SMILES string of the molecule is COc1ccc(NC(=O)CC2CCN(S(=O)(=O)c3ccc(NC(C)=O)cc3)CC2)cc1. The zero-order chi connectivity index (χ0) is 22.4. The van der Waals surface area contributed by atoms with Crippen molar-refractivity contribution in [2.45, 2.75) is 31.1 Å². The molecule has 31 heavy (non-hydrogen) atoms. The first-order valence-electron chi connectivity index (χ1n) is 10.1. The summed E-state index contributed by atoms with van der Waals surface area (Å²) in [4.78, 5) is 23.6. The number of sulfonamides is 1. The van der Waals surface area contributed by atoms with Crippen molar-refractivity contribution < 1.29 is 22.7 Å². The van der Waals surface area contributed by atoms with Gasteiger partial charge in [0.15, 0.2) is 0 Å². The number of hydrogen-bond donors (Lipinski definition) is 2. The first-order chi connectivity index (χ1) is 14.8. The monoisotopic (exact) mass is 445 g/mol. The van der Waals surface area contributed by atoms with Crippen LogP contribution in [0.1, 0.15) is 26.2 Å². The van der Waals surface area contributed by atoms with E-state index >= 15 is 0 Å². The third-order valence-corrected chi connectivity index (χ3v) is 7.15. The average Bonchev–Trinajstić information content (AvgIpc) is 2.74. The highest BCUT2D eigenvalue weighted by molar-refractivity contribution is 7.89. The van der Waals surface area contributed by atoms with Crippen LogP contribution in [0.2, 0.25) is 0 Å². The zero-order valence-corrected chi connectivity index (χ0v) is 18.4. The highest BCUT2D eigenvalue weighted by Gasteiger charge is 2.30. The summed E-state index contributed by atoms with van der Waals surface area (Å²) >= 11 is 0. The summed E-state index contributed by atoms with van der Waals surface area (Å²) in [6, 6.07) is 13.3. The first-order valence-corrected chi connectivity index (χ1v) is 11.5. The Labute approximate surface area is 182 Å². The molecule has 2 N–H and O–H groups in total. The maximum Gasteiger partial charge on any atom is 0.243 e. The number of benzene rings is 2. The Bertz CT molecular complexity index is 1010. The molecular weight excluding hydrogens is 418 g/mol. The lowest BCUT2D eigenvalue weighted by molar-refractivity contribution is -0.117. The van der Waals surface area contributed by atoms with E-state index in [1.807, 2.05) is 0 Å². The van der Waals surface area contributed by atoms with E-state index in [4.69, 9.17) is 4.74 Å². The van der Waals surface area contributed by atoms with E-state index in [2.05, 4.69) is 10.6 Å². The van der Waals surface area contributed by atoms with E-state index in [-0.39, 0.29) is 22.6 Å². The maximum absolute atomic E-state index is 12.9. The van der Waals surface area contributed by atoms with E-state index in [9.17, 15) is 18.0 Å². The van der Waals surface area contributed by atoms with Gasteiger partial charge in [-0.15, -0.1) is 0 Å². The molecule has 1 aliphatic rings. The quantitative estimate of drug-likeness (QED) is 0.681. The van der Waals surface area contributed by atoms with Crippen molar-refractivity contribution in [1.82, 2.24) is 4.31 Å². The van der Waals surface area contributed by atoms with Gasteiger partial charge >= 0.3 is 0 Å². The summed E-state index contributed by atoms with van der Waals surface area (Å²) in [6.07, 6.45) is 1.60. The molecule has 8 nitrogen and oxygen atoms in total. The molecule has 1 fully saturated rings. The van der Waals surface area contributed by atoms with E-state index in [0.717, 1.165) is 5.75 Å². The van der Waals surface area contributed by atoms with Crippen molar-refractivity contribution in [2.24, 2.45) is 5.92 Å². The van der Waals surface area contributed by atoms with Crippen molar-refractivity contribution in [3.05, 3.63) is 48.5 Å². The lowest BCUT2D eigenvalue weighted by atomic mass is 9.94. The highest BCUT2D eigenvalue weighted by atomic mass is 32.2. The minimum absolute atomic E-state index is 0.0833. The number of carbonyl (C=O) groups excluding carboxylic acids is 2. The van der Waals surface area contributed by atoms with Crippen LogP contribution in [0, 0.1) is 5.92 Å². The van der Waals surface area contributed by atoms with E-state index in [1.165, 1.54) is 23.4 Å². The Balaban J connectivity index is 1.52. The standard InChI is InChI=1S/C22H27N3O5S/c1-16(26)23-18-5-9-21(10-6-18)31(28,29)25-13-11-17(12-14-25)15-22(27)24-19-3-7-20(30-2)8-4-19/h3-10,17H,11-15H2,1-2H3,(H,23,26)(H,24,27). The van der Waals surface area contributed by atoms with Crippen LogP contribution in [0.25, 0.3) is 0 Å². The lowest BCUT2D eigenvalue weighted by Gasteiger charge is -2.31. The van der Waals surface area contributed by atoms with Crippen LogP contribution in [0.4, 0.5) is 11.4 Å². The number of amides is 2. The van der Waals surface area contributed by atoms with Gasteiger partial charge in [-0.2, -0.15) is 4.31 Å². The molecule has 0 saturated carbocycles. The van der Waals surface area contributed by atoms with Gasteiger partial charge in [-0.25, -0.2) is 8.42 Å². The number of ether oxygens (including phenoxy) is 1. The molecule has 2 aromatic carbocycles. The summed E-state index contributed by atoms with van der Waals surface area (Å²) < 4.78 is 32.3. The molecule has 0 aliphatic carbocycles. The van der Waals surface area contributed by atoms with Crippen molar-refractivity contribution in [3.8, 4) is 5.75 Å². The fourth-order valence-electron chi connectivity index (χ4n) is 3.56. The number of anilines is 2. The first kappa shape index (κ1) is 22.8. The molecule has 166 valence electrons. The molecule has 0 spiro atoms. The van der Waals surface area contributed by atoms with E-state index in [0.29, 0.717) is 43.7 Å². The lowest BCUT2D eigenvalue weighted by Crippen LogP contribution is -2.39.